The fraction of sp³-hybridized carbons (Fsp3) is 0.273. The van der Waals surface area contributed by atoms with Crippen LogP contribution in [0.3, 0.4) is 0 Å². The highest BCUT2D eigenvalue weighted by molar-refractivity contribution is 5.91. The fourth-order valence-electron chi connectivity index (χ4n) is 3.24. The van der Waals surface area contributed by atoms with E-state index < -0.39 is 0 Å². The SMILES string of the molecule is Cc1cccc2cc(-c3nc(NCCCN(C)C)c4ccccc4n3)oc12. The van der Waals surface area contributed by atoms with Gasteiger partial charge in [-0.2, -0.15) is 0 Å². The van der Waals surface area contributed by atoms with Gasteiger partial charge in [0.05, 0.1) is 5.52 Å². The predicted molar refractivity (Wildman–Crippen MR) is 111 cm³/mol. The smallest absolute Gasteiger partial charge is 0.198 e. The molecule has 0 fully saturated rings. The van der Waals surface area contributed by atoms with E-state index in [1.165, 1.54) is 0 Å². The third-order valence-electron chi connectivity index (χ3n) is 4.64. The lowest BCUT2D eigenvalue weighted by Crippen LogP contribution is -2.16. The van der Waals surface area contributed by atoms with Crippen LogP contribution in [0.5, 0.6) is 0 Å². The van der Waals surface area contributed by atoms with Crippen molar-refractivity contribution in [2.24, 2.45) is 0 Å². The second kappa shape index (κ2) is 7.37. The largest absolute Gasteiger partial charge is 0.452 e. The number of fused-ring (bicyclic) bond motifs is 2. The van der Waals surface area contributed by atoms with Crippen LogP contribution in [-0.4, -0.2) is 42.1 Å². The summed E-state index contributed by atoms with van der Waals surface area (Å²) in [4.78, 5) is 11.7. The number of hydrogen-bond acceptors (Lipinski definition) is 5. The minimum absolute atomic E-state index is 0.611. The van der Waals surface area contributed by atoms with Crippen molar-refractivity contribution in [3.63, 3.8) is 0 Å². The molecule has 0 aliphatic rings. The summed E-state index contributed by atoms with van der Waals surface area (Å²) in [5, 5.41) is 5.58. The molecule has 2 aromatic carbocycles. The first kappa shape index (κ1) is 17.5. The van der Waals surface area contributed by atoms with Gasteiger partial charge in [0.25, 0.3) is 0 Å². The maximum absolute atomic E-state index is 6.09. The van der Waals surface area contributed by atoms with E-state index in [2.05, 4.69) is 49.4 Å². The topological polar surface area (TPSA) is 54.2 Å². The summed E-state index contributed by atoms with van der Waals surface area (Å²) in [6, 6.07) is 16.2. The second-order valence-electron chi connectivity index (χ2n) is 7.10. The van der Waals surface area contributed by atoms with Crippen molar-refractivity contribution in [1.82, 2.24) is 14.9 Å². The first-order valence-corrected chi connectivity index (χ1v) is 9.27. The van der Waals surface area contributed by atoms with Crippen molar-refractivity contribution < 1.29 is 4.42 Å². The van der Waals surface area contributed by atoms with Gasteiger partial charge >= 0.3 is 0 Å². The molecule has 138 valence electrons. The van der Waals surface area contributed by atoms with Crippen LogP contribution in [0.25, 0.3) is 33.5 Å². The van der Waals surface area contributed by atoms with Crippen molar-refractivity contribution in [3.05, 3.63) is 54.1 Å². The Labute approximate surface area is 159 Å². The molecular weight excluding hydrogens is 336 g/mol. The van der Waals surface area contributed by atoms with Gasteiger partial charge in [0.2, 0.25) is 0 Å². The molecule has 4 rings (SSSR count). The summed E-state index contributed by atoms with van der Waals surface area (Å²) in [5.74, 6) is 2.16. The monoisotopic (exact) mass is 360 g/mol. The zero-order valence-corrected chi connectivity index (χ0v) is 16.0. The van der Waals surface area contributed by atoms with Crippen LogP contribution in [0.2, 0.25) is 0 Å². The molecule has 0 saturated carbocycles. The Morgan fingerprint density at radius 3 is 2.70 bits per heavy atom. The third kappa shape index (κ3) is 3.64. The first-order valence-electron chi connectivity index (χ1n) is 9.27. The number of aromatic nitrogens is 2. The van der Waals surface area contributed by atoms with Gasteiger partial charge in [0.15, 0.2) is 11.6 Å². The molecular formula is C22H24N4O. The normalized spacial score (nSPS) is 11.6. The molecule has 0 spiro atoms. The molecule has 2 aromatic heterocycles. The summed E-state index contributed by atoms with van der Waals surface area (Å²) in [5.41, 5.74) is 2.92. The fourth-order valence-corrected chi connectivity index (χ4v) is 3.24. The number of rotatable bonds is 6. The summed E-state index contributed by atoms with van der Waals surface area (Å²) < 4.78 is 6.09. The molecule has 0 atom stereocenters. The van der Waals surface area contributed by atoms with Gasteiger partial charge in [0.1, 0.15) is 11.4 Å². The first-order chi connectivity index (χ1) is 13.1. The number of hydrogen-bond donors (Lipinski definition) is 1. The standard InChI is InChI=1S/C22H24N4O/c1-15-8-6-9-16-14-19(27-20(15)16)22-24-18-11-5-4-10-17(18)21(25-22)23-12-7-13-26(2)3/h4-6,8-11,14H,7,12-13H2,1-3H3,(H,23,24,25). The number of furan rings is 1. The molecule has 5 heteroatoms. The van der Waals surface area contributed by atoms with Gasteiger partial charge in [0, 0.05) is 17.3 Å². The summed E-state index contributed by atoms with van der Waals surface area (Å²) >= 11 is 0. The molecule has 0 bridgehead atoms. The van der Waals surface area contributed by atoms with Crippen LogP contribution < -0.4 is 5.32 Å². The Balaban J connectivity index is 1.73. The zero-order chi connectivity index (χ0) is 18.8. The van der Waals surface area contributed by atoms with Crippen molar-refractivity contribution in [3.8, 4) is 11.6 Å². The van der Waals surface area contributed by atoms with Crippen molar-refractivity contribution in [1.29, 1.82) is 0 Å². The third-order valence-corrected chi connectivity index (χ3v) is 4.64. The van der Waals surface area contributed by atoms with E-state index in [0.29, 0.717) is 11.6 Å². The van der Waals surface area contributed by atoms with Gasteiger partial charge in [-0.05, 0) is 57.7 Å². The van der Waals surface area contributed by atoms with E-state index in [1.807, 2.05) is 30.3 Å². The molecule has 0 aliphatic heterocycles. The lowest BCUT2D eigenvalue weighted by molar-refractivity contribution is 0.405. The molecule has 0 saturated heterocycles. The zero-order valence-electron chi connectivity index (χ0n) is 16.0. The molecule has 1 N–H and O–H groups in total. The highest BCUT2D eigenvalue weighted by Gasteiger charge is 2.14. The number of nitrogens with one attached hydrogen (secondary N) is 1. The Morgan fingerprint density at radius 2 is 1.89 bits per heavy atom. The molecule has 0 aliphatic carbocycles. The maximum atomic E-state index is 6.09. The quantitative estimate of drug-likeness (QED) is 0.505. The predicted octanol–water partition coefficient (Wildman–Crippen LogP) is 4.72. The van der Waals surface area contributed by atoms with E-state index >= 15 is 0 Å². The molecule has 5 nitrogen and oxygen atoms in total. The van der Waals surface area contributed by atoms with Crippen molar-refractivity contribution in [2.75, 3.05) is 32.5 Å². The van der Waals surface area contributed by atoms with E-state index in [4.69, 9.17) is 14.4 Å². The highest BCUT2D eigenvalue weighted by Crippen LogP contribution is 2.30. The lowest BCUT2D eigenvalue weighted by Gasteiger charge is -2.12. The van der Waals surface area contributed by atoms with E-state index in [-0.39, 0.29) is 0 Å². The minimum atomic E-state index is 0.611. The van der Waals surface area contributed by atoms with Crippen LogP contribution in [0.15, 0.2) is 52.9 Å². The molecule has 2 heterocycles. The van der Waals surface area contributed by atoms with Gasteiger partial charge in [-0.15, -0.1) is 0 Å². The Morgan fingerprint density at radius 1 is 1.04 bits per heavy atom. The number of nitrogens with zero attached hydrogens (tertiary/aromatic N) is 3. The van der Waals surface area contributed by atoms with Gasteiger partial charge in [-0.3, -0.25) is 0 Å². The summed E-state index contributed by atoms with van der Waals surface area (Å²) in [6.45, 7) is 3.94. The second-order valence-corrected chi connectivity index (χ2v) is 7.10. The van der Waals surface area contributed by atoms with Gasteiger partial charge in [-0.25, -0.2) is 9.97 Å². The Kier molecular flexibility index (Phi) is 4.77. The summed E-state index contributed by atoms with van der Waals surface area (Å²) in [6.07, 6.45) is 1.05. The highest BCUT2D eigenvalue weighted by atomic mass is 16.3. The number of benzene rings is 2. The molecule has 27 heavy (non-hydrogen) atoms. The molecule has 0 unspecified atom stereocenters. The van der Waals surface area contributed by atoms with Crippen molar-refractivity contribution >= 4 is 27.7 Å². The van der Waals surface area contributed by atoms with Crippen LogP contribution >= 0.6 is 0 Å². The summed E-state index contributed by atoms with van der Waals surface area (Å²) in [7, 11) is 4.17. The van der Waals surface area contributed by atoms with E-state index in [9.17, 15) is 0 Å². The Hall–Kier alpha value is -2.92. The minimum Gasteiger partial charge on any atom is -0.452 e. The maximum Gasteiger partial charge on any atom is 0.198 e. The van der Waals surface area contributed by atoms with Gasteiger partial charge < -0.3 is 14.6 Å². The Bertz CT molecular complexity index is 1080. The average molecular weight is 360 g/mol. The number of aryl methyl sites for hydroxylation is 1. The number of para-hydroxylation sites is 2. The van der Waals surface area contributed by atoms with Crippen LogP contribution in [0.1, 0.15) is 12.0 Å². The van der Waals surface area contributed by atoms with Crippen molar-refractivity contribution in [2.45, 2.75) is 13.3 Å². The average Bonchev–Trinajstić information content (AvgIpc) is 3.10. The van der Waals surface area contributed by atoms with Gasteiger partial charge in [-0.1, -0.05) is 30.3 Å². The van der Waals surface area contributed by atoms with E-state index in [1.54, 1.807) is 0 Å². The molecule has 4 aromatic rings. The molecule has 0 amide bonds. The van der Waals surface area contributed by atoms with E-state index in [0.717, 1.165) is 52.8 Å². The lowest BCUT2D eigenvalue weighted by atomic mass is 10.2. The molecule has 0 radical (unpaired) electrons. The van der Waals surface area contributed by atoms with Crippen LogP contribution in [0.4, 0.5) is 5.82 Å². The van der Waals surface area contributed by atoms with Crippen LogP contribution in [0, 0.1) is 6.92 Å². The number of anilines is 1. The van der Waals surface area contributed by atoms with Crippen LogP contribution in [-0.2, 0) is 0 Å².